The Morgan fingerprint density at radius 2 is 2.33 bits per heavy atom. The molecule has 0 heterocycles. The largest absolute Gasteiger partial charge is 0.458 e. The van der Waals surface area contributed by atoms with Crippen molar-refractivity contribution >= 4 is 5.97 Å². The van der Waals surface area contributed by atoms with E-state index in [9.17, 15) is 4.79 Å². The SMILES string of the molecule is C=CC(=O)OC1C2CCCC2C1(C)CC. The number of hydrogen-bond acceptors (Lipinski definition) is 2. The molecule has 2 fully saturated rings. The van der Waals surface area contributed by atoms with Gasteiger partial charge in [-0.1, -0.05) is 26.8 Å². The van der Waals surface area contributed by atoms with E-state index in [-0.39, 0.29) is 17.5 Å². The highest BCUT2D eigenvalue weighted by atomic mass is 16.5. The lowest BCUT2D eigenvalue weighted by Crippen LogP contribution is -2.58. The number of rotatable bonds is 3. The molecule has 0 spiro atoms. The van der Waals surface area contributed by atoms with Gasteiger partial charge < -0.3 is 4.74 Å². The summed E-state index contributed by atoms with van der Waals surface area (Å²) >= 11 is 0. The molecule has 0 aromatic carbocycles. The third-order valence-electron chi connectivity index (χ3n) is 4.63. The minimum atomic E-state index is -0.259. The van der Waals surface area contributed by atoms with Gasteiger partial charge in [0.05, 0.1) is 0 Å². The molecule has 0 bridgehead atoms. The predicted molar refractivity (Wildman–Crippen MR) is 59.3 cm³/mol. The van der Waals surface area contributed by atoms with Gasteiger partial charge in [-0.15, -0.1) is 0 Å². The van der Waals surface area contributed by atoms with Crippen LogP contribution in [-0.4, -0.2) is 12.1 Å². The van der Waals surface area contributed by atoms with Gasteiger partial charge in [0.15, 0.2) is 0 Å². The molecular formula is C13H20O2. The van der Waals surface area contributed by atoms with E-state index in [1.165, 1.54) is 25.3 Å². The minimum absolute atomic E-state index is 0.139. The molecule has 0 aromatic heterocycles. The van der Waals surface area contributed by atoms with Gasteiger partial charge in [0.2, 0.25) is 0 Å². The Morgan fingerprint density at radius 1 is 1.60 bits per heavy atom. The molecule has 2 saturated carbocycles. The Kier molecular flexibility index (Phi) is 2.61. The van der Waals surface area contributed by atoms with E-state index in [1.807, 2.05) is 0 Å². The lowest BCUT2D eigenvalue weighted by atomic mass is 9.52. The highest BCUT2D eigenvalue weighted by Gasteiger charge is 2.61. The monoisotopic (exact) mass is 208 g/mol. The Bertz CT molecular complexity index is 284. The second-order valence-electron chi connectivity index (χ2n) is 5.12. The molecule has 2 nitrogen and oxygen atoms in total. The molecule has 15 heavy (non-hydrogen) atoms. The summed E-state index contributed by atoms with van der Waals surface area (Å²) in [6, 6.07) is 0. The van der Waals surface area contributed by atoms with Crippen molar-refractivity contribution < 1.29 is 9.53 Å². The van der Waals surface area contributed by atoms with Crippen molar-refractivity contribution in [2.24, 2.45) is 17.3 Å². The van der Waals surface area contributed by atoms with Gasteiger partial charge in [0.1, 0.15) is 6.10 Å². The quantitative estimate of drug-likeness (QED) is 0.526. The maximum Gasteiger partial charge on any atom is 0.330 e. The van der Waals surface area contributed by atoms with E-state index < -0.39 is 0 Å². The maximum atomic E-state index is 11.3. The zero-order valence-corrected chi connectivity index (χ0v) is 9.66. The first-order valence-electron chi connectivity index (χ1n) is 5.96. The second-order valence-corrected chi connectivity index (χ2v) is 5.12. The lowest BCUT2D eigenvalue weighted by Gasteiger charge is -2.56. The van der Waals surface area contributed by atoms with E-state index in [1.54, 1.807) is 0 Å². The Labute approximate surface area is 91.7 Å². The Balaban J connectivity index is 2.09. The van der Waals surface area contributed by atoms with Crippen molar-refractivity contribution in [1.29, 1.82) is 0 Å². The average Bonchev–Trinajstić information content (AvgIpc) is 2.70. The summed E-state index contributed by atoms with van der Waals surface area (Å²) in [5, 5.41) is 0. The number of carbonyl (C=O) groups excluding carboxylic acids is 1. The first kappa shape index (κ1) is 10.7. The number of carbonyl (C=O) groups is 1. The van der Waals surface area contributed by atoms with Crippen LogP contribution in [0.1, 0.15) is 39.5 Å². The van der Waals surface area contributed by atoms with Gasteiger partial charge in [-0.25, -0.2) is 4.79 Å². The number of hydrogen-bond donors (Lipinski definition) is 0. The summed E-state index contributed by atoms with van der Waals surface area (Å²) in [6.45, 7) is 7.92. The summed E-state index contributed by atoms with van der Waals surface area (Å²) in [7, 11) is 0. The van der Waals surface area contributed by atoms with Crippen molar-refractivity contribution in [3.05, 3.63) is 12.7 Å². The van der Waals surface area contributed by atoms with Crippen LogP contribution in [0.3, 0.4) is 0 Å². The fourth-order valence-corrected chi connectivity index (χ4v) is 3.61. The summed E-state index contributed by atoms with van der Waals surface area (Å²) in [4.78, 5) is 11.3. The third-order valence-corrected chi connectivity index (χ3v) is 4.63. The third kappa shape index (κ3) is 1.42. The zero-order chi connectivity index (χ0) is 11.1. The Morgan fingerprint density at radius 3 is 2.93 bits per heavy atom. The van der Waals surface area contributed by atoms with Crippen LogP contribution >= 0.6 is 0 Å². The van der Waals surface area contributed by atoms with E-state index >= 15 is 0 Å². The van der Waals surface area contributed by atoms with Crippen LogP contribution < -0.4 is 0 Å². The maximum absolute atomic E-state index is 11.3. The second kappa shape index (κ2) is 3.66. The topological polar surface area (TPSA) is 26.3 Å². The van der Waals surface area contributed by atoms with E-state index in [2.05, 4.69) is 20.4 Å². The number of fused-ring (bicyclic) bond motifs is 1. The van der Waals surface area contributed by atoms with E-state index in [4.69, 9.17) is 4.74 Å². The van der Waals surface area contributed by atoms with Crippen molar-refractivity contribution in [3.8, 4) is 0 Å². The first-order chi connectivity index (χ1) is 7.13. The molecule has 2 aliphatic rings. The van der Waals surface area contributed by atoms with Gasteiger partial charge in [-0.2, -0.15) is 0 Å². The molecule has 0 N–H and O–H groups in total. The summed E-state index contributed by atoms with van der Waals surface area (Å²) in [5.74, 6) is 1.15. The van der Waals surface area contributed by atoms with Gasteiger partial charge in [-0.05, 0) is 31.1 Å². The molecule has 0 amide bonds. The summed E-state index contributed by atoms with van der Waals surface area (Å²) in [5.41, 5.74) is 0.222. The van der Waals surface area contributed by atoms with Crippen LogP contribution in [0.4, 0.5) is 0 Å². The molecule has 2 heteroatoms. The molecule has 2 aliphatic carbocycles. The van der Waals surface area contributed by atoms with Crippen molar-refractivity contribution in [2.75, 3.05) is 0 Å². The van der Waals surface area contributed by atoms with Crippen molar-refractivity contribution in [3.63, 3.8) is 0 Å². The fourth-order valence-electron chi connectivity index (χ4n) is 3.61. The van der Waals surface area contributed by atoms with E-state index in [0.717, 1.165) is 12.3 Å². The van der Waals surface area contributed by atoms with Crippen LogP contribution in [0.25, 0.3) is 0 Å². The molecule has 4 atom stereocenters. The summed E-state index contributed by atoms with van der Waals surface area (Å²) < 4.78 is 5.50. The minimum Gasteiger partial charge on any atom is -0.458 e. The highest BCUT2D eigenvalue weighted by Crippen LogP contribution is 2.61. The molecule has 84 valence electrons. The van der Waals surface area contributed by atoms with Crippen LogP contribution in [-0.2, 0) is 9.53 Å². The fraction of sp³-hybridized carbons (Fsp3) is 0.769. The van der Waals surface area contributed by atoms with Gasteiger partial charge in [0.25, 0.3) is 0 Å². The van der Waals surface area contributed by atoms with Gasteiger partial charge in [-0.3, -0.25) is 0 Å². The number of ether oxygens (including phenoxy) is 1. The van der Waals surface area contributed by atoms with Gasteiger partial charge >= 0.3 is 5.97 Å². The van der Waals surface area contributed by atoms with Crippen molar-refractivity contribution in [1.82, 2.24) is 0 Å². The predicted octanol–water partition coefficient (Wildman–Crippen LogP) is 2.93. The molecule has 0 aromatic rings. The molecule has 2 rings (SSSR count). The van der Waals surface area contributed by atoms with Crippen LogP contribution in [0.5, 0.6) is 0 Å². The molecule has 0 saturated heterocycles. The molecular weight excluding hydrogens is 188 g/mol. The zero-order valence-electron chi connectivity index (χ0n) is 9.66. The Hall–Kier alpha value is -0.790. The molecule has 0 radical (unpaired) electrons. The lowest BCUT2D eigenvalue weighted by molar-refractivity contribution is -0.195. The van der Waals surface area contributed by atoms with Crippen LogP contribution in [0.15, 0.2) is 12.7 Å². The number of esters is 1. The normalized spacial score (nSPS) is 42.9. The smallest absolute Gasteiger partial charge is 0.330 e. The first-order valence-corrected chi connectivity index (χ1v) is 5.96. The molecule has 0 aliphatic heterocycles. The van der Waals surface area contributed by atoms with E-state index in [0.29, 0.717) is 5.92 Å². The van der Waals surface area contributed by atoms with Crippen LogP contribution in [0, 0.1) is 17.3 Å². The summed E-state index contributed by atoms with van der Waals surface area (Å²) in [6.07, 6.45) is 6.36. The standard InChI is InChI=1S/C13H20O2/c1-4-11(14)15-12-9-7-6-8-10(9)13(12,3)5-2/h4,9-10,12H,1,5-8H2,2-3H3. The van der Waals surface area contributed by atoms with Crippen molar-refractivity contribution in [2.45, 2.75) is 45.6 Å². The van der Waals surface area contributed by atoms with Gasteiger partial charge in [0, 0.05) is 11.5 Å². The van der Waals surface area contributed by atoms with Crippen LogP contribution in [0.2, 0.25) is 0 Å². The average molecular weight is 208 g/mol. The highest BCUT2D eigenvalue weighted by molar-refractivity contribution is 5.81. The molecule has 4 unspecified atom stereocenters.